The highest BCUT2D eigenvalue weighted by atomic mass is 35.5. The number of anilines is 1. The Morgan fingerprint density at radius 1 is 1.27 bits per heavy atom. The summed E-state index contributed by atoms with van der Waals surface area (Å²) in [5.74, 6) is 1.81. The minimum absolute atomic E-state index is 0.143. The van der Waals surface area contributed by atoms with Gasteiger partial charge in [0, 0.05) is 18.5 Å². The molecular weight excluding hydrogens is 391 g/mol. The van der Waals surface area contributed by atoms with E-state index in [0.29, 0.717) is 21.7 Å². The molecule has 0 radical (unpaired) electrons. The number of carbonyl (C=O) groups is 1. The molecule has 0 spiro atoms. The Morgan fingerprint density at radius 3 is 2.77 bits per heavy atom. The van der Waals surface area contributed by atoms with Crippen LogP contribution in [0.15, 0.2) is 23.4 Å². The molecule has 1 aliphatic carbocycles. The largest absolute Gasteiger partial charge is 0.324 e. The molecule has 0 bridgehead atoms. The van der Waals surface area contributed by atoms with E-state index < -0.39 is 0 Å². The Hall–Kier alpha value is -1.24. The monoisotopic (exact) mass is 412 g/mol. The van der Waals surface area contributed by atoms with Crippen LogP contribution in [0.2, 0.25) is 10.0 Å². The van der Waals surface area contributed by atoms with E-state index in [2.05, 4.69) is 15.5 Å². The van der Waals surface area contributed by atoms with Crippen LogP contribution in [0.5, 0.6) is 0 Å². The average Bonchev–Trinajstić information content (AvgIpc) is 2.96. The normalized spacial score (nSPS) is 15.2. The van der Waals surface area contributed by atoms with Crippen LogP contribution < -0.4 is 5.32 Å². The molecule has 1 aromatic carbocycles. The second-order valence-corrected chi connectivity index (χ2v) is 8.41. The number of nitrogens with one attached hydrogen (secondary N) is 1. The van der Waals surface area contributed by atoms with E-state index in [9.17, 15) is 4.79 Å². The molecular formula is C18H22Cl2N4OS. The third-order valence-corrected chi connectivity index (χ3v) is 6.23. The number of hydrogen-bond donors (Lipinski definition) is 1. The lowest BCUT2D eigenvalue weighted by molar-refractivity contribution is -0.113. The number of benzene rings is 1. The van der Waals surface area contributed by atoms with E-state index in [1.807, 2.05) is 11.6 Å². The van der Waals surface area contributed by atoms with Gasteiger partial charge in [0.2, 0.25) is 5.91 Å². The molecule has 0 aliphatic heterocycles. The summed E-state index contributed by atoms with van der Waals surface area (Å²) in [5, 5.41) is 13.1. The predicted molar refractivity (Wildman–Crippen MR) is 107 cm³/mol. The summed E-state index contributed by atoms with van der Waals surface area (Å²) in [5.41, 5.74) is 0.553. The maximum Gasteiger partial charge on any atom is 0.234 e. The smallest absolute Gasteiger partial charge is 0.234 e. The van der Waals surface area contributed by atoms with Crippen molar-refractivity contribution in [2.45, 2.75) is 43.7 Å². The highest BCUT2D eigenvalue weighted by Gasteiger charge is 2.18. The van der Waals surface area contributed by atoms with Crippen molar-refractivity contribution >= 4 is 46.6 Å². The second-order valence-electron chi connectivity index (χ2n) is 6.63. The van der Waals surface area contributed by atoms with Gasteiger partial charge in [-0.15, -0.1) is 10.2 Å². The van der Waals surface area contributed by atoms with Crippen LogP contribution in [0, 0.1) is 5.92 Å². The van der Waals surface area contributed by atoms with Crippen LogP contribution in [0.4, 0.5) is 5.69 Å². The first kappa shape index (κ1) is 19.5. The van der Waals surface area contributed by atoms with E-state index in [1.165, 1.54) is 43.9 Å². The van der Waals surface area contributed by atoms with Crippen molar-refractivity contribution in [2.75, 3.05) is 11.1 Å². The number of amides is 1. The lowest BCUT2D eigenvalue weighted by Crippen LogP contribution is -2.15. The topological polar surface area (TPSA) is 59.8 Å². The quantitative estimate of drug-likeness (QED) is 0.679. The lowest BCUT2D eigenvalue weighted by atomic mass is 9.87. The second kappa shape index (κ2) is 9.11. The van der Waals surface area contributed by atoms with Gasteiger partial charge in [-0.1, -0.05) is 67.1 Å². The van der Waals surface area contributed by atoms with Gasteiger partial charge in [0.05, 0.1) is 16.5 Å². The molecule has 1 N–H and O–H groups in total. The predicted octanol–water partition coefficient (Wildman–Crippen LogP) is 4.98. The summed E-state index contributed by atoms with van der Waals surface area (Å²) in [6.07, 6.45) is 7.51. The van der Waals surface area contributed by atoms with E-state index in [4.69, 9.17) is 23.2 Å². The molecule has 5 nitrogen and oxygen atoms in total. The molecule has 1 fully saturated rings. The fraction of sp³-hybridized carbons (Fsp3) is 0.500. The maximum absolute atomic E-state index is 12.2. The number of thioether (sulfide) groups is 1. The third-order valence-electron chi connectivity index (χ3n) is 4.66. The van der Waals surface area contributed by atoms with Crippen LogP contribution in [0.25, 0.3) is 0 Å². The zero-order chi connectivity index (χ0) is 18.5. The Balaban J connectivity index is 1.53. The first-order valence-corrected chi connectivity index (χ1v) is 10.5. The summed E-state index contributed by atoms with van der Waals surface area (Å²) < 4.78 is 2.00. The van der Waals surface area contributed by atoms with Crippen molar-refractivity contribution in [3.05, 3.63) is 34.1 Å². The highest BCUT2D eigenvalue weighted by Crippen LogP contribution is 2.28. The van der Waals surface area contributed by atoms with E-state index in [0.717, 1.165) is 17.4 Å². The first-order chi connectivity index (χ1) is 12.5. The van der Waals surface area contributed by atoms with Gasteiger partial charge in [-0.05, 0) is 24.1 Å². The number of nitrogens with zero attached hydrogens (tertiary/aromatic N) is 3. The Kier molecular flexibility index (Phi) is 6.84. The molecule has 26 heavy (non-hydrogen) atoms. The standard InChI is InChI=1S/C18H22Cl2N4OS/c1-24-16(9-12-5-3-2-4-6-12)22-23-18(24)26-11-17(25)21-15-8-7-13(19)10-14(15)20/h7-8,10,12H,2-6,9,11H2,1H3,(H,21,25). The van der Waals surface area contributed by atoms with Crippen molar-refractivity contribution in [1.82, 2.24) is 14.8 Å². The fourth-order valence-corrected chi connectivity index (χ4v) is 4.39. The summed E-state index contributed by atoms with van der Waals surface area (Å²) >= 11 is 13.3. The molecule has 0 unspecified atom stereocenters. The number of halogens is 2. The summed E-state index contributed by atoms with van der Waals surface area (Å²) in [6, 6.07) is 4.99. The van der Waals surface area contributed by atoms with E-state index in [-0.39, 0.29) is 11.7 Å². The molecule has 1 amide bonds. The number of aromatic nitrogens is 3. The van der Waals surface area contributed by atoms with Gasteiger partial charge in [0.15, 0.2) is 5.16 Å². The highest BCUT2D eigenvalue weighted by molar-refractivity contribution is 7.99. The Morgan fingerprint density at radius 2 is 2.04 bits per heavy atom. The van der Waals surface area contributed by atoms with Crippen molar-refractivity contribution in [3.8, 4) is 0 Å². The van der Waals surface area contributed by atoms with Gasteiger partial charge in [-0.25, -0.2) is 0 Å². The van der Waals surface area contributed by atoms with Crippen LogP contribution in [-0.4, -0.2) is 26.4 Å². The molecule has 0 saturated heterocycles. The van der Waals surface area contributed by atoms with Crippen LogP contribution >= 0.6 is 35.0 Å². The van der Waals surface area contributed by atoms with Gasteiger partial charge in [0.1, 0.15) is 5.82 Å². The minimum atomic E-state index is -0.143. The zero-order valence-electron chi connectivity index (χ0n) is 14.7. The Bertz CT molecular complexity index is 775. The van der Waals surface area contributed by atoms with Crippen LogP contribution in [0.3, 0.4) is 0 Å². The van der Waals surface area contributed by atoms with Gasteiger partial charge < -0.3 is 9.88 Å². The van der Waals surface area contributed by atoms with Gasteiger partial charge >= 0.3 is 0 Å². The number of rotatable bonds is 6. The Labute approximate surface area is 167 Å². The van der Waals surface area contributed by atoms with E-state index >= 15 is 0 Å². The van der Waals surface area contributed by atoms with Gasteiger partial charge in [-0.3, -0.25) is 4.79 Å². The van der Waals surface area contributed by atoms with Crippen molar-refractivity contribution in [1.29, 1.82) is 0 Å². The fourth-order valence-electron chi connectivity index (χ4n) is 3.21. The third kappa shape index (κ3) is 5.15. The average molecular weight is 413 g/mol. The summed E-state index contributed by atoms with van der Waals surface area (Å²) in [7, 11) is 1.97. The van der Waals surface area contributed by atoms with E-state index in [1.54, 1.807) is 18.2 Å². The molecule has 0 atom stereocenters. The van der Waals surface area contributed by atoms with Crippen LogP contribution in [0.1, 0.15) is 37.9 Å². The molecule has 1 heterocycles. The molecule has 1 saturated carbocycles. The number of hydrogen-bond acceptors (Lipinski definition) is 4. The summed E-state index contributed by atoms with van der Waals surface area (Å²) in [4.78, 5) is 12.2. The molecule has 8 heteroatoms. The zero-order valence-corrected chi connectivity index (χ0v) is 17.0. The number of carbonyl (C=O) groups excluding carboxylic acids is 1. The minimum Gasteiger partial charge on any atom is -0.324 e. The van der Waals surface area contributed by atoms with Crippen molar-refractivity contribution in [2.24, 2.45) is 13.0 Å². The lowest BCUT2D eigenvalue weighted by Gasteiger charge is -2.20. The molecule has 140 valence electrons. The SMILES string of the molecule is Cn1c(CC2CCCCC2)nnc1SCC(=O)Nc1ccc(Cl)cc1Cl. The van der Waals surface area contributed by atoms with Gasteiger partial charge in [-0.2, -0.15) is 0 Å². The first-order valence-electron chi connectivity index (χ1n) is 8.79. The van der Waals surface area contributed by atoms with Crippen molar-refractivity contribution < 1.29 is 4.79 Å². The van der Waals surface area contributed by atoms with Crippen LogP contribution in [-0.2, 0) is 18.3 Å². The maximum atomic E-state index is 12.2. The van der Waals surface area contributed by atoms with Gasteiger partial charge in [0.25, 0.3) is 0 Å². The van der Waals surface area contributed by atoms with Crippen molar-refractivity contribution in [3.63, 3.8) is 0 Å². The molecule has 3 rings (SSSR count). The summed E-state index contributed by atoms with van der Waals surface area (Å²) in [6.45, 7) is 0. The molecule has 1 aromatic heterocycles. The molecule has 1 aliphatic rings. The molecule has 2 aromatic rings.